The van der Waals surface area contributed by atoms with Crippen molar-refractivity contribution in [1.82, 2.24) is 10.2 Å². The SMILES string of the molecule is CCCNCC(C(C)C)N(C)C1CCCC(C)C1. The van der Waals surface area contributed by atoms with Crippen LogP contribution in [0.4, 0.5) is 0 Å². The van der Waals surface area contributed by atoms with Gasteiger partial charge in [-0.25, -0.2) is 0 Å². The average molecular weight is 254 g/mol. The van der Waals surface area contributed by atoms with Crippen molar-refractivity contribution in [2.75, 3.05) is 20.1 Å². The summed E-state index contributed by atoms with van der Waals surface area (Å²) in [6.45, 7) is 11.7. The standard InChI is InChI=1S/C16H34N2/c1-6-10-17-12-16(13(2)3)18(5)15-9-7-8-14(4)11-15/h13-17H,6-12H2,1-5H3. The minimum absolute atomic E-state index is 0.687. The lowest BCUT2D eigenvalue weighted by Gasteiger charge is -2.41. The highest BCUT2D eigenvalue weighted by Gasteiger charge is 2.28. The summed E-state index contributed by atoms with van der Waals surface area (Å²) in [6.07, 6.45) is 6.88. The lowest BCUT2D eigenvalue weighted by atomic mass is 9.85. The summed E-state index contributed by atoms with van der Waals surface area (Å²) in [6, 6.07) is 1.50. The van der Waals surface area contributed by atoms with Crippen LogP contribution in [0.3, 0.4) is 0 Å². The molecule has 0 saturated heterocycles. The zero-order chi connectivity index (χ0) is 13.5. The quantitative estimate of drug-likeness (QED) is 0.699. The van der Waals surface area contributed by atoms with Gasteiger partial charge in [0.05, 0.1) is 0 Å². The Kier molecular flexibility index (Phi) is 7.25. The van der Waals surface area contributed by atoms with Crippen LogP contribution < -0.4 is 5.32 Å². The van der Waals surface area contributed by atoms with Crippen molar-refractivity contribution < 1.29 is 0 Å². The van der Waals surface area contributed by atoms with E-state index in [0.717, 1.165) is 31.0 Å². The molecule has 3 unspecified atom stereocenters. The number of hydrogen-bond donors (Lipinski definition) is 1. The van der Waals surface area contributed by atoms with Gasteiger partial charge in [-0.1, -0.05) is 40.5 Å². The van der Waals surface area contributed by atoms with Crippen LogP contribution in [0.25, 0.3) is 0 Å². The molecule has 1 aliphatic rings. The third-order valence-corrected chi connectivity index (χ3v) is 4.56. The Morgan fingerprint density at radius 3 is 2.56 bits per heavy atom. The van der Waals surface area contributed by atoms with E-state index < -0.39 is 0 Å². The number of rotatable bonds is 7. The minimum atomic E-state index is 0.687. The lowest BCUT2D eigenvalue weighted by molar-refractivity contribution is 0.0922. The molecular weight excluding hydrogens is 220 g/mol. The first-order valence-electron chi connectivity index (χ1n) is 7.98. The fraction of sp³-hybridized carbons (Fsp3) is 1.00. The molecule has 0 bridgehead atoms. The third kappa shape index (κ3) is 4.89. The highest BCUT2D eigenvalue weighted by Crippen LogP contribution is 2.28. The van der Waals surface area contributed by atoms with Crippen molar-refractivity contribution in [3.63, 3.8) is 0 Å². The fourth-order valence-corrected chi connectivity index (χ4v) is 3.32. The van der Waals surface area contributed by atoms with Crippen LogP contribution >= 0.6 is 0 Å². The maximum atomic E-state index is 3.61. The van der Waals surface area contributed by atoms with Gasteiger partial charge in [0.2, 0.25) is 0 Å². The Morgan fingerprint density at radius 1 is 1.28 bits per heavy atom. The molecule has 1 saturated carbocycles. The first-order chi connectivity index (χ1) is 8.56. The summed E-state index contributed by atoms with van der Waals surface area (Å²) in [7, 11) is 2.35. The van der Waals surface area contributed by atoms with Gasteiger partial charge in [-0.15, -0.1) is 0 Å². The molecule has 0 aromatic carbocycles. The van der Waals surface area contributed by atoms with Gasteiger partial charge in [0.15, 0.2) is 0 Å². The highest BCUT2D eigenvalue weighted by molar-refractivity contribution is 4.84. The molecule has 108 valence electrons. The van der Waals surface area contributed by atoms with Crippen LogP contribution in [0.2, 0.25) is 0 Å². The number of nitrogens with zero attached hydrogens (tertiary/aromatic N) is 1. The van der Waals surface area contributed by atoms with Crippen LogP contribution in [-0.4, -0.2) is 37.1 Å². The normalized spacial score (nSPS) is 26.8. The Morgan fingerprint density at radius 2 is 2.00 bits per heavy atom. The molecule has 1 fully saturated rings. The van der Waals surface area contributed by atoms with Gasteiger partial charge >= 0.3 is 0 Å². The Bertz CT molecular complexity index is 215. The van der Waals surface area contributed by atoms with E-state index in [0.29, 0.717) is 6.04 Å². The molecule has 3 atom stereocenters. The zero-order valence-corrected chi connectivity index (χ0v) is 13.2. The number of hydrogen-bond acceptors (Lipinski definition) is 2. The van der Waals surface area contributed by atoms with E-state index in [2.05, 4.69) is 45.0 Å². The van der Waals surface area contributed by atoms with Crippen LogP contribution in [0, 0.1) is 11.8 Å². The largest absolute Gasteiger partial charge is 0.315 e. The van der Waals surface area contributed by atoms with E-state index in [1.165, 1.54) is 32.1 Å². The predicted octanol–water partition coefficient (Wildman–Crippen LogP) is 3.52. The molecule has 0 aromatic rings. The van der Waals surface area contributed by atoms with Crippen molar-refractivity contribution in [3.05, 3.63) is 0 Å². The van der Waals surface area contributed by atoms with E-state index >= 15 is 0 Å². The highest BCUT2D eigenvalue weighted by atomic mass is 15.2. The monoisotopic (exact) mass is 254 g/mol. The van der Waals surface area contributed by atoms with Gasteiger partial charge < -0.3 is 5.32 Å². The van der Waals surface area contributed by atoms with Crippen LogP contribution in [0.5, 0.6) is 0 Å². The van der Waals surface area contributed by atoms with Crippen LogP contribution in [0.1, 0.15) is 59.8 Å². The maximum absolute atomic E-state index is 3.61. The van der Waals surface area contributed by atoms with E-state index in [1.807, 2.05) is 0 Å². The molecule has 0 heterocycles. The van der Waals surface area contributed by atoms with Crippen molar-refractivity contribution >= 4 is 0 Å². The van der Waals surface area contributed by atoms with Crippen molar-refractivity contribution in [2.45, 2.75) is 71.9 Å². The lowest BCUT2D eigenvalue weighted by Crippen LogP contribution is -2.49. The molecule has 0 amide bonds. The van der Waals surface area contributed by atoms with E-state index in [4.69, 9.17) is 0 Å². The van der Waals surface area contributed by atoms with Gasteiger partial charge in [0.1, 0.15) is 0 Å². The maximum Gasteiger partial charge on any atom is 0.0243 e. The predicted molar refractivity (Wildman–Crippen MR) is 81.0 cm³/mol. The van der Waals surface area contributed by atoms with Crippen molar-refractivity contribution in [1.29, 1.82) is 0 Å². The first kappa shape index (κ1) is 16.0. The molecule has 0 aromatic heterocycles. The molecule has 2 nitrogen and oxygen atoms in total. The van der Waals surface area contributed by atoms with E-state index in [1.54, 1.807) is 0 Å². The number of nitrogens with one attached hydrogen (secondary N) is 1. The topological polar surface area (TPSA) is 15.3 Å². The molecule has 18 heavy (non-hydrogen) atoms. The summed E-state index contributed by atoms with van der Waals surface area (Å²) in [5.41, 5.74) is 0. The van der Waals surface area contributed by atoms with Gasteiger partial charge in [-0.05, 0) is 44.7 Å². The molecule has 1 rings (SSSR count). The molecule has 1 N–H and O–H groups in total. The second-order valence-electron chi connectivity index (χ2n) is 6.61. The summed E-state index contributed by atoms with van der Waals surface area (Å²) < 4.78 is 0. The van der Waals surface area contributed by atoms with Gasteiger partial charge in [-0.3, -0.25) is 4.90 Å². The van der Waals surface area contributed by atoms with Gasteiger partial charge in [0.25, 0.3) is 0 Å². The first-order valence-corrected chi connectivity index (χ1v) is 7.98. The Balaban J connectivity index is 2.49. The molecule has 0 spiro atoms. The average Bonchev–Trinajstić information content (AvgIpc) is 2.33. The van der Waals surface area contributed by atoms with Crippen molar-refractivity contribution in [3.8, 4) is 0 Å². The molecule has 1 aliphatic carbocycles. The molecular formula is C16H34N2. The Hall–Kier alpha value is -0.0800. The summed E-state index contributed by atoms with van der Waals surface area (Å²) >= 11 is 0. The summed E-state index contributed by atoms with van der Waals surface area (Å²) in [5.74, 6) is 1.65. The minimum Gasteiger partial charge on any atom is -0.315 e. The molecule has 0 radical (unpaired) electrons. The van der Waals surface area contributed by atoms with Crippen LogP contribution in [0.15, 0.2) is 0 Å². The summed E-state index contributed by atoms with van der Waals surface area (Å²) in [4.78, 5) is 2.67. The third-order valence-electron chi connectivity index (χ3n) is 4.56. The Labute approximate surface area is 115 Å². The summed E-state index contributed by atoms with van der Waals surface area (Å²) in [5, 5.41) is 3.61. The van der Waals surface area contributed by atoms with E-state index in [-0.39, 0.29) is 0 Å². The zero-order valence-electron chi connectivity index (χ0n) is 13.2. The second kappa shape index (κ2) is 8.16. The van der Waals surface area contributed by atoms with Crippen LogP contribution in [-0.2, 0) is 0 Å². The molecule has 2 heteroatoms. The van der Waals surface area contributed by atoms with Gasteiger partial charge in [-0.2, -0.15) is 0 Å². The number of likely N-dealkylation sites (N-methyl/N-ethyl adjacent to an activating group) is 1. The second-order valence-corrected chi connectivity index (χ2v) is 6.61. The fourth-order valence-electron chi connectivity index (χ4n) is 3.32. The van der Waals surface area contributed by atoms with Gasteiger partial charge in [0, 0.05) is 18.6 Å². The molecule has 0 aliphatic heterocycles. The smallest absolute Gasteiger partial charge is 0.0243 e. The van der Waals surface area contributed by atoms with E-state index in [9.17, 15) is 0 Å². The van der Waals surface area contributed by atoms with Crippen molar-refractivity contribution in [2.24, 2.45) is 11.8 Å².